The Morgan fingerprint density at radius 3 is 2.29 bits per heavy atom. The summed E-state index contributed by atoms with van der Waals surface area (Å²) >= 11 is 0. The molecule has 31 heavy (non-hydrogen) atoms. The lowest BCUT2D eigenvalue weighted by atomic mass is 9.88. The predicted octanol–water partition coefficient (Wildman–Crippen LogP) is 3.47. The Hall–Kier alpha value is -1.70. The number of amides is 1. The van der Waals surface area contributed by atoms with E-state index in [4.69, 9.17) is 0 Å². The fraction of sp³-hybridized carbons (Fsp3) is 0.625. The van der Waals surface area contributed by atoms with Gasteiger partial charge < -0.3 is 10.2 Å². The van der Waals surface area contributed by atoms with Gasteiger partial charge in [0.15, 0.2) is 0 Å². The van der Waals surface area contributed by atoms with E-state index in [-0.39, 0.29) is 17.4 Å². The zero-order valence-corrected chi connectivity index (χ0v) is 19.7. The van der Waals surface area contributed by atoms with Crippen LogP contribution in [0.4, 0.5) is 0 Å². The van der Waals surface area contributed by atoms with Crippen molar-refractivity contribution in [1.82, 2.24) is 14.5 Å². The van der Waals surface area contributed by atoms with Crippen molar-refractivity contribution in [2.24, 2.45) is 5.92 Å². The summed E-state index contributed by atoms with van der Waals surface area (Å²) in [4.78, 5) is 15.1. The molecule has 1 aromatic carbocycles. The van der Waals surface area contributed by atoms with E-state index in [2.05, 4.69) is 24.3 Å². The molecule has 0 aromatic heterocycles. The Balaban J connectivity index is 1.51. The number of hydrogen-bond donors (Lipinski definition) is 1. The molecule has 1 saturated carbocycles. The van der Waals surface area contributed by atoms with Gasteiger partial charge in [0, 0.05) is 36.5 Å². The van der Waals surface area contributed by atoms with Gasteiger partial charge in [0.1, 0.15) is 0 Å². The molecule has 1 aliphatic heterocycles. The van der Waals surface area contributed by atoms with Crippen LogP contribution in [-0.2, 0) is 14.8 Å². The average Bonchev–Trinajstić information content (AvgIpc) is 3.04. The second-order valence-electron chi connectivity index (χ2n) is 9.18. The van der Waals surface area contributed by atoms with Gasteiger partial charge in [-0.15, -0.1) is 0 Å². The van der Waals surface area contributed by atoms with Crippen LogP contribution in [0.5, 0.6) is 0 Å². The zero-order valence-electron chi connectivity index (χ0n) is 18.9. The fourth-order valence-corrected chi connectivity index (χ4v) is 5.97. The van der Waals surface area contributed by atoms with Gasteiger partial charge in [-0.3, -0.25) is 4.79 Å². The van der Waals surface area contributed by atoms with Gasteiger partial charge >= 0.3 is 0 Å². The normalized spacial score (nSPS) is 21.3. The minimum atomic E-state index is -3.47. The molecule has 1 amide bonds. The summed E-state index contributed by atoms with van der Waals surface area (Å²) in [5.74, 6) is -0.0445. The van der Waals surface area contributed by atoms with Crippen molar-refractivity contribution in [3.63, 3.8) is 0 Å². The first-order valence-electron chi connectivity index (χ1n) is 11.5. The van der Waals surface area contributed by atoms with Crippen molar-refractivity contribution in [2.45, 2.75) is 56.9 Å². The SMILES string of the molecule is CN(C)C1(CNC(=O)C2CCN(S(=O)(=O)/C=C/c3ccccc3)CC2)CCCCCC1. The Bertz CT molecular complexity index is 836. The third kappa shape index (κ3) is 6.40. The lowest BCUT2D eigenvalue weighted by Crippen LogP contribution is -2.53. The molecule has 0 bridgehead atoms. The van der Waals surface area contributed by atoms with E-state index in [1.165, 1.54) is 35.4 Å². The molecular formula is C24H37N3O3S. The molecule has 0 spiro atoms. The molecule has 1 aliphatic carbocycles. The van der Waals surface area contributed by atoms with Crippen LogP contribution in [0, 0.1) is 5.92 Å². The quantitative estimate of drug-likeness (QED) is 0.650. The van der Waals surface area contributed by atoms with Gasteiger partial charge in [-0.25, -0.2) is 8.42 Å². The molecule has 0 atom stereocenters. The predicted molar refractivity (Wildman–Crippen MR) is 126 cm³/mol. The Morgan fingerprint density at radius 1 is 1.10 bits per heavy atom. The topological polar surface area (TPSA) is 69.7 Å². The number of piperidine rings is 1. The van der Waals surface area contributed by atoms with Crippen LogP contribution in [0.1, 0.15) is 56.9 Å². The third-order valence-corrected chi connectivity index (χ3v) is 8.56. The lowest BCUT2D eigenvalue weighted by Gasteiger charge is -2.40. The zero-order chi connectivity index (χ0) is 22.3. The first-order valence-corrected chi connectivity index (χ1v) is 13.0. The molecule has 2 fully saturated rings. The Labute approximate surface area is 187 Å². The molecule has 2 aliphatic rings. The monoisotopic (exact) mass is 447 g/mol. The molecule has 1 N–H and O–H groups in total. The maximum atomic E-state index is 12.8. The number of likely N-dealkylation sites (N-methyl/N-ethyl adjacent to an activating group) is 1. The van der Waals surface area contributed by atoms with E-state index < -0.39 is 10.0 Å². The summed E-state index contributed by atoms with van der Waals surface area (Å²) in [6.07, 6.45) is 9.96. The highest BCUT2D eigenvalue weighted by Crippen LogP contribution is 2.31. The van der Waals surface area contributed by atoms with Gasteiger partial charge in [-0.1, -0.05) is 56.0 Å². The summed E-state index contributed by atoms with van der Waals surface area (Å²) in [5, 5.41) is 4.48. The van der Waals surface area contributed by atoms with Crippen molar-refractivity contribution >= 4 is 22.0 Å². The molecule has 1 saturated heterocycles. The number of carbonyl (C=O) groups is 1. The molecule has 0 unspecified atom stereocenters. The highest BCUT2D eigenvalue weighted by atomic mass is 32.2. The van der Waals surface area contributed by atoms with Gasteiger partial charge in [0.05, 0.1) is 0 Å². The smallest absolute Gasteiger partial charge is 0.236 e. The highest BCUT2D eigenvalue weighted by Gasteiger charge is 2.35. The van der Waals surface area contributed by atoms with Crippen LogP contribution in [0.2, 0.25) is 0 Å². The number of nitrogens with one attached hydrogen (secondary N) is 1. The van der Waals surface area contributed by atoms with E-state index >= 15 is 0 Å². The fourth-order valence-electron chi connectivity index (χ4n) is 4.75. The van der Waals surface area contributed by atoms with E-state index in [0.29, 0.717) is 32.5 Å². The largest absolute Gasteiger partial charge is 0.354 e. The standard InChI is InChI=1S/C24H37N3O3S/c1-26(2)24(15-8-3-4-9-16-24)20-25-23(28)22-12-17-27(18-13-22)31(29,30)19-14-21-10-6-5-7-11-21/h5-7,10-11,14,19,22H,3-4,8-9,12-13,15-18,20H2,1-2H3,(H,25,28)/b19-14+. The van der Waals surface area contributed by atoms with Crippen LogP contribution in [0.3, 0.4) is 0 Å². The van der Waals surface area contributed by atoms with Crippen LogP contribution < -0.4 is 5.32 Å². The molecule has 6 nitrogen and oxygen atoms in total. The van der Waals surface area contributed by atoms with Crippen molar-refractivity contribution in [1.29, 1.82) is 0 Å². The molecule has 3 rings (SSSR count). The molecular weight excluding hydrogens is 410 g/mol. The summed E-state index contributed by atoms with van der Waals surface area (Å²) in [5.41, 5.74) is 0.895. The van der Waals surface area contributed by atoms with Gasteiger partial charge in [-0.2, -0.15) is 4.31 Å². The molecule has 1 aromatic rings. The molecule has 7 heteroatoms. The van der Waals surface area contributed by atoms with Crippen LogP contribution in [0.15, 0.2) is 35.7 Å². The Morgan fingerprint density at radius 2 is 1.71 bits per heavy atom. The molecule has 172 valence electrons. The van der Waals surface area contributed by atoms with Gasteiger partial charge in [0.2, 0.25) is 15.9 Å². The van der Waals surface area contributed by atoms with Crippen LogP contribution in [-0.4, -0.2) is 62.8 Å². The van der Waals surface area contributed by atoms with Crippen molar-refractivity contribution in [3.05, 3.63) is 41.3 Å². The summed E-state index contributed by atoms with van der Waals surface area (Å²) in [6, 6.07) is 9.41. The van der Waals surface area contributed by atoms with Crippen LogP contribution >= 0.6 is 0 Å². The number of nitrogens with zero attached hydrogens (tertiary/aromatic N) is 2. The highest BCUT2D eigenvalue weighted by molar-refractivity contribution is 7.92. The number of sulfonamides is 1. The first kappa shape index (κ1) is 24.0. The second kappa shape index (κ2) is 10.7. The van der Waals surface area contributed by atoms with Crippen molar-refractivity contribution < 1.29 is 13.2 Å². The van der Waals surface area contributed by atoms with Crippen molar-refractivity contribution in [2.75, 3.05) is 33.7 Å². The average molecular weight is 448 g/mol. The Kier molecular flexibility index (Phi) is 8.30. The minimum absolute atomic E-state index is 0.0401. The number of benzene rings is 1. The van der Waals surface area contributed by atoms with E-state index in [9.17, 15) is 13.2 Å². The second-order valence-corrected chi connectivity index (χ2v) is 11.0. The number of hydrogen-bond acceptors (Lipinski definition) is 4. The maximum Gasteiger partial charge on any atom is 0.236 e. The minimum Gasteiger partial charge on any atom is -0.354 e. The van der Waals surface area contributed by atoms with Crippen molar-refractivity contribution in [3.8, 4) is 0 Å². The first-order chi connectivity index (χ1) is 14.8. The lowest BCUT2D eigenvalue weighted by molar-refractivity contribution is -0.126. The number of carbonyl (C=O) groups excluding carboxylic acids is 1. The van der Waals surface area contributed by atoms with Crippen LogP contribution in [0.25, 0.3) is 6.08 Å². The van der Waals surface area contributed by atoms with Gasteiger partial charge in [-0.05, 0) is 51.4 Å². The summed E-state index contributed by atoms with van der Waals surface area (Å²) in [6.45, 7) is 1.45. The van der Waals surface area contributed by atoms with E-state index in [1.807, 2.05) is 30.3 Å². The number of rotatable bonds is 7. The maximum absolute atomic E-state index is 12.8. The molecule has 0 radical (unpaired) electrons. The summed E-state index contributed by atoms with van der Waals surface area (Å²) < 4.78 is 26.8. The third-order valence-electron chi connectivity index (χ3n) is 6.99. The van der Waals surface area contributed by atoms with E-state index in [0.717, 1.165) is 18.4 Å². The summed E-state index contributed by atoms with van der Waals surface area (Å²) in [7, 11) is 0.759. The molecule has 1 heterocycles. The van der Waals surface area contributed by atoms with E-state index in [1.54, 1.807) is 6.08 Å². The van der Waals surface area contributed by atoms with Gasteiger partial charge in [0.25, 0.3) is 0 Å².